The largest absolute Gasteiger partial charge is 0.478 e. The molecule has 0 fully saturated rings. The summed E-state index contributed by atoms with van der Waals surface area (Å²) in [5, 5.41) is 10.4. The summed E-state index contributed by atoms with van der Waals surface area (Å²) < 4.78 is 5.78. The predicted molar refractivity (Wildman–Crippen MR) is 80.2 cm³/mol. The molecule has 3 aromatic rings. The van der Waals surface area contributed by atoms with Gasteiger partial charge in [0.15, 0.2) is 0 Å². The predicted octanol–water partition coefficient (Wildman–Crippen LogP) is 4.38. The molecule has 2 aromatic carbocycles. The minimum absolute atomic E-state index is 0.175. The summed E-state index contributed by atoms with van der Waals surface area (Å²) >= 11 is 5.94. The van der Waals surface area contributed by atoms with Gasteiger partial charge in [0.05, 0.1) is 11.1 Å². The van der Waals surface area contributed by atoms with Crippen LogP contribution in [0, 0.1) is 0 Å². The number of aromatic nitrogens is 1. The Bertz CT molecular complexity index is 833. The molecule has 3 rings (SSSR count). The Balaban J connectivity index is 2.02. The molecule has 1 N–H and O–H groups in total. The summed E-state index contributed by atoms with van der Waals surface area (Å²) in [6.45, 7) is 0. The minimum atomic E-state index is -0.994. The second-order valence-corrected chi connectivity index (χ2v) is 4.84. The quantitative estimate of drug-likeness (QED) is 0.779. The molecule has 0 amide bonds. The number of aromatic carboxylic acids is 1. The van der Waals surface area contributed by atoms with Crippen LogP contribution >= 0.6 is 11.6 Å². The summed E-state index contributed by atoms with van der Waals surface area (Å²) in [6, 6.07) is 13.4. The van der Waals surface area contributed by atoms with Gasteiger partial charge in [-0.1, -0.05) is 17.7 Å². The van der Waals surface area contributed by atoms with Gasteiger partial charge in [0.25, 0.3) is 0 Å². The Hall–Kier alpha value is -2.59. The number of benzene rings is 2. The third kappa shape index (κ3) is 2.80. The molecular weight excluding hydrogens is 290 g/mol. The fourth-order valence-electron chi connectivity index (χ4n) is 2.00. The van der Waals surface area contributed by atoms with Crippen LogP contribution in [0.3, 0.4) is 0 Å². The Morgan fingerprint density at radius 3 is 2.81 bits per heavy atom. The summed E-state index contributed by atoms with van der Waals surface area (Å²) in [6.07, 6.45) is 1.62. The molecule has 0 saturated carbocycles. The van der Waals surface area contributed by atoms with Gasteiger partial charge >= 0.3 is 5.97 Å². The molecule has 0 atom stereocenters. The number of nitrogens with zero attached hydrogens (tertiary/aromatic N) is 1. The van der Waals surface area contributed by atoms with E-state index in [2.05, 4.69) is 4.98 Å². The maximum absolute atomic E-state index is 11.0. The van der Waals surface area contributed by atoms with E-state index in [0.717, 1.165) is 10.9 Å². The van der Waals surface area contributed by atoms with Crippen LogP contribution in [0.4, 0.5) is 0 Å². The third-order valence-electron chi connectivity index (χ3n) is 2.97. The minimum Gasteiger partial charge on any atom is -0.478 e. The van der Waals surface area contributed by atoms with E-state index >= 15 is 0 Å². The Morgan fingerprint density at radius 1 is 1.14 bits per heavy atom. The van der Waals surface area contributed by atoms with Crippen LogP contribution in [0.1, 0.15) is 10.4 Å². The number of hydrogen-bond acceptors (Lipinski definition) is 3. The molecule has 0 aliphatic heterocycles. The summed E-state index contributed by atoms with van der Waals surface area (Å²) in [5.74, 6) is 0.0587. The molecule has 0 aliphatic rings. The van der Waals surface area contributed by atoms with Crippen LogP contribution in [0.15, 0.2) is 54.7 Å². The van der Waals surface area contributed by atoms with Crippen LogP contribution in [-0.4, -0.2) is 16.1 Å². The maximum Gasteiger partial charge on any atom is 0.335 e. The highest BCUT2D eigenvalue weighted by Crippen LogP contribution is 2.30. The first-order chi connectivity index (χ1) is 10.1. The van der Waals surface area contributed by atoms with E-state index in [9.17, 15) is 4.79 Å². The molecule has 0 unspecified atom stereocenters. The average Bonchev–Trinajstić information content (AvgIpc) is 2.47. The van der Waals surface area contributed by atoms with Crippen molar-refractivity contribution in [2.24, 2.45) is 0 Å². The molecule has 0 aliphatic carbocycles. The van der Waals surface area contributed by atoms with E-state index in [4.69, 9.17) is 21.4 Å². The van der Waals surface area contributed by atoms with Crippen molar-refractivity contribution in [1.29, 1.82) is 0 Å². The van der Waals surface area contributed by atoms with E-state index in [0.29, 0.717) is 16.5 Å². The van der Waals surface area contributed by atoms with Gasteiger partial charge in [-0.2, -0.15) is 0 Å². The first-order valence-corrected chi connectivity index (χ1v) is 6.57. The molecule has 0 saturated heterocycles. The number of carboxylic acids is 1. The van der Waals surface area contributed by atoms with E-state index < -0.39 is 5.97 Å². The van der Waals surface area contributed by atoms with Crippen molar-refractivity contribution in [3.63, 3.8) is 0 Å². The molecule has 104 valence electrons. The number of carboxylic acid groups (broad SMARTS) is 1. The monoisotopic (exact) mass is 299 g/mol. The second-order valence-electron chi connectivity index (χ2n) is 4.41. The fraction of sp³-hybridized carbons (Fsp3) is 0. The average molecular weight is 300 g/mol. The molecular formula is C16H10ClNO3. The van der Waals surface area contributed by atoms with Gasteiger partial charge in [-0.25, -0.2) is 4.79 Å². The number of halogens is 1. The topological polar surface area (TPSA) is 59.4 Å². The van der Waals surface area contributed by atoms with Gasteiger partial charge in [-0.3, -0.25) is 4.98 Å². The van der Waals surface area contributed by atoms with Gasteiger partial charge in [0, 0.05) is 16.6 Å². The Labute approximate surface area is 125 Å². The lowest BCUT2D eigenvalue weighted by Crippen LogP contribution is -1.96. The smallest absolute Gasteiger partial charge is 0.335 e. The standard InChI is InChI=1S/C16H10ClNO3/c17-11-4-5-13-14(9-11)18-7-6-15(13)21-12-3-1-2-10(8-12)16(19)20/h1-9H,(H,19,20). The van der Waals surface area contributed by atoms with Crippen LogP contribution < -0.4 is 4.74 Å². The van der Waals surface area contributed by atoms with E-state index in [1.807, 2.05) is 6.07 Å². The number of pyridine rings is 1. The van der Waals surface area contributed by atoms with Crippen LogP contribution in [-0.2, 0) is 0 Å². The van der Waals surface area contributed by atoms with Crippen molar-refractivity contribution in [3.05, 3.63) is 65.3 Å². The SMILES string of the molecule is O=C(O)c1cccc(Oc2ccnc3cc(Cl)ccc23)c1. The van der Waals surface area contributed by atoms with Crippen LogP contribution in [0.2, 0.25) is 5.02 Å². The highest BCUT2D eigenvalue weighted by Gasteiger charge is 2.07. The van der Waals surface area contributed by atoms with Gasteiger partial charge in [-0.15, -0.1) is 0 Å². The zero-order valence-corrected chi connectivity index (χ0v) is 11.5. The number of fused-ring (bicyclic) bond motifs is 1. The van der Waals surface area contributed by atoms with Crippen molar-refractivity contribution in [2.75, 3.05) is 0 Å². The molecule has 1 heterocycles. The first kappa shape index (κ1) is 13.4. The fourth-order valence-corrected chi connectivity index (χ4v) is 2.17. The van der Waals surface area contributed by atoms with Gasteiger partial charge in [0.2, 0.25) is 0 Å². The molecule has 0 bridgehead atoms. The van der Waals surface area contributed by atoms with Crippen molar-refractivity contribution in [1.82, 2.24) is 4.98 Å². The van der Waals surface area contributed by atoms with Crippen molar-refractivity contribution < 1.29 is 14.6 Å². The van der Waals surface area contributed by atoms with Crippen molar-refractivity contribution in [2.45, 2.75) is 0 Å². The molecule has 4 nitrogen and oxygen atoms in total. The molecule has 21 heavy (non-hydrogen) atoms. The third-order valence-corrected chi connectivity index (χ3v) is 3.21. The summed E-state index contributed by atoms with van der Waals surface area (Å²) in [7, 11) is 0. The van der Waals surface area contributed by atoms with E-state index in [1.54, 1.807) is 36.5 Å². The number of ether oxygens (including phenoxy) is 1. The second kappa shape index (κ2) is 5.42. The number of carbonyl (C=O) groups is 1. The maximum atomic E-state index is 11.0. The zero-order valence-electron chi connectivity index (χ0n) is 10.8. The van der Waals surface area contributed by atoms with Crippen LogP contribution in [0.5, 0.6) is 11.5 Å². The lowest BCUT2D eigenvalue weighted by molar-refractivity contribution is 0.0696. The molecule has 0 radical (unpaired) electrons. The van der Waals surface area contributed by atoms with Crippen molar-refractivity contribution >= 4 is 28.5 Å². The first-order valence-electron chi connectivity index (χ1n) is 6.19. The lowest BCUT2D eigenvalue weighted by atomic mass is 10.2. The van der Waals surface area contributed by atoms with Gasteiger partial charge < -0.3 is 9.84 Å². The lowest BCUT2D eigenvalue weighted by Gasteiger charge is -2.09. The zero-order chi connectivity index (χ0) is 14.8. The van der Waals surface area contributed by atoms with Crippen LogP contribution in [0.25, 0.3) is 10.9 Å². The van der Waals surface area contributed by atoms with E-state index in [1.165, 1.54) is 12.1 Å². The van der Waals surface area contributed by atoms with E-state index in [-0.39, 0.29) is 5.56 Å². The number of rotatable bonds is 3. The summed E-state index contributed by atoms with van der Waals surface area (Å²) in [4.78, 5) is 15.2. The molecule has 5 heteroatoms. The van der Waals surface area contributed by atoms with Gasteiger partial charge in [0.1, 0.15) is 11.5 Å². The Morgan fingerprint density at radius 2 is 2.00 bits per heavy atom. The normalized spacial score (nSPS) is 10.5. The highest BCUT2D eigenvalue weighted by molar-refractivity contribution is 6.31. The van der Waals surface area contributed by atoms with Gasteiger partial charge in [-0.05, 0) is 42.5 Å². The molecule has 0 spiro atoms. The Kier molecular flexibility index (Phi) is 3.46. The molecule has 1 aromatic heterocycles. The number of hydrogen-bond donors (Lipinski definition) is 1. The highest BCUT2D eigenvalue weighted by atomic mass is 35.5. The summed E-state index contributed by atoms with van der Waals surface area (Å²) in [5.41, 5.74) is 0.892. The van der Waals surface area contributed by atoms with Crippen molar-refractivity contribution in [3.8, 4) is 11.5 Å².